The average Bonchev–Trinajstić information content (AvgIpc) is 2.44. The van der Waals surface area contributed by atoms with Gasteiger partial charge < -0.3 is 0 Å². The third kappa shape index (κ3) is 30.0. The van der Waals surface area contributed by atoms with Gasteiger partial charge in [0, 0.05) is 0 Å². The van der Waals surface area contributed by atoms with E-state index in [1.165, 1.54) is 51.9 Å². The summed E-state index contributed by atoms with van der Waals surface area (Å²) in [4.78, 5) is 0. The summed E-state index contributed by atoms with van der Waals surface area (Å²) in [6.45, 7) is 4.54. The van der Waals surface area contributed by atoms with E-state index in [0.29, 0.717) is 6.42 Å². The molecule has 0 saturated carbocycles. The zero-order chi connectivity index (χ0) is 16.4. The van der Waals surface area contributed by atoms with E-state index in [0.717, 1.165) is 61.8 Å². The Morgan fingerprint density at radius 2 is 1.19 bits per heavy atom. The number of unbranched alkanes of at least 4 members (excludes halogenated alkanes) is 9. The van der Waals surface area contributed by atoms with Crippen LogP contribution in [0.2, 0.25) is 0.515 Å². The molecule has 0 heterocycles. The van der Waals surface area contributed by atoms with Gasteiger partial charge in [0.1, 0.15) is 0 Å². The molecule has 0 saturated heterocycles. The predicted molar refractivity (Wildman–Crippen MR) is 90.2 cm³/mol. The molecule has 0 bridgehead atoms. The SMILES string of the molecule is CCCCCCCCCCCCOS(=O)(=O)O.CC[CH2][K]. The van der Waals surface area contributed by atoms with E-state index >= 15 is 0 Å². The summed E-state index contributed by atoms with van der Waals surface area (Å²) < 4.78 is 34.5. The first-order chi connectivity index (χ1) is 9.97. The van der Waals surface area contributed by atoms with Crippen LogP contribution in [-0.2, 0) is 14.6 Å². The molecule has 0 fully saturated rings. The maximum atomic E-state index is 10.2. The first-order valence-electron chi connectivity index (χ1n) is 8.59. The second-order valence-corrected chi connectivity index (χ2v) is 8.08. The summed E-state index contributed by atoms with van der Waals surface area (Å²) in [5.41, 5.74) is 0. The summed E-state index contributed by atoms with van der Waals surface area (Å²) >= 11 is 1.11. The summed E-state index contributed by atoms with van der Waals surface area (Å²) in [7, 11) is -4.23. The Labute approximate surface area is 166 Å². The Bertz CT molecular complexity index is 279. The summed E-state index contributed by atoms with van der Waals surface area (Å²) in [5.74, 6) is 0. The van der Waals surface area contributed by atoms with Crippen LogP contribution >= 0.6 is 0 Å². The number of rotatable bonds is 13. The van der Waals surface area contributed by atoms with E-state index in [9.17, 15) is 8.42 Å². The van der Waals surface area contributed by atoms with E-state index < -0.39 is 10.4 Å². The van der Waals surface area contributed by atoms with Crippen LogP contribution in [0.3, 0.4) is 0 Å². The number of hydrogen-bond donors (Lipinski definition) is 1. The number of hydrogen-bond acceptors (Lipinski definition) is 3. The molecular formula is C15H33KO4S. The van der Waals surface area contributed by atoms with Crippen LogP contribution in [0.5, 0.6) is 0 Å². The molecule has 0 amide bonds. The van der Waals surface area contributed by atoms with Crippen molar-refractivity contribution in [2.75, 3.05) is 6.61 Å². The predicted octanol–water partition coefficient (Wildman–Crippen LogP) is 4.71. The van der Waals surface area contributed by atoms with Gasteiger partial charge in [-0.15, -0.1) is 0 Å². The van der Waals surface area contributed by atoms with Crippen molar-refractivity contribution in [1.82, 2.24) is 0 Å². The normalized spacial score (nSPS) is 11.1. The van der Waals surface area contributed by atoms with Gasteiger partial charge in [0.2, 0.25) is 0 Å². The van der Waals surface area contributed by atoms with Crippen LogP contribution in [0.4, 0.5) is 0 Å². The van der Waals surface area contributed by atoms with Crippen LogP contribution in [-0.4, -0.2) is 68.5 Å². The second-order valence-electron chi connectivity index (χ2n) is 5.43. The van der Waals surface area contributed by atoms with Gasteiger partial charge in [-0.2, -0.15) is 8.42 Å². The fraction of sp³-hybridized carbons (Fsp3) is 1.00. The fourth-order valence-electron chi connectivity index (χ4n) is 1.75. The molecule has 4 nitrogen and oxygen atoms in total. The van der Waals surface area contributed by atoms with E-state index in [1.807, 2.05) is 0 Å². The Hall–Kier alpha value is 1.51. The van der Waals surface area contributed by atoms with Gasteiger partial charge in [-0.05, 0) is 6.42 Å². The van der Waals surface area contributed by atoms with Crippen LogP contribution in [0, 0.1) is 0 Å². The van der Waals surface area contributed by atoms with Crippen LogP contribution in [0.1, 0.15) is 84.5 Å². The quantitative estimate of drug-likeness (QED) is 0.297. The fourth-order valence-corrected chi connectivity index (χ4v) is 2.08. The molecule has 1 N–H and O–H groups in total. The van der Waals surface area contributed by atoms with Crippen molar-refractivity contribution in [1.29, 1.82) is 0 Å². The minimum atomic E-state index is -4.23. The molecule has 0 aliphatic heterocycles. The van der Waals surface area contributed by atoms with Gasteiger partial charge in [0.25, 0.3) is 0 Å². The molecule has 21 heavy (non-hydrogen) atoms. The Morgan fingerprint density at radius 3 is 1.52 bits per heavy atom. The molecule has 0 aliphatic carbocycles. The zero-order valence-electron chi connectivity index (χ0n) is 14.3. The Morgan fingerprint density at radius 1 is 0.810 bits per heavy atom. The molecule has 0 spiro atoms. The molecule has 0 radical (unpaired) electrons. The molecule has 124 valence electrons. The summed E-state index contributed by atoms with van der Waals surface area (Å²) in [6, 6.07) is 0. The molecular weight excluding hydrogens is 315 g/mol. The first kappa shape index (κ1) is 24.8. The van der Waals surface area contributed by atoms with Gasteiger partial charge in [-0.1, -0.05) is 64.7 Å². The van der Waals surface area contributed by atoms with E-state index in [-0.39, 0.29) is 6.61 Å². The van der Waals surface area contributed by atoms with E-state index in [1.54, 1.807) is 0 Å². The standard InChI is InChI=1S/C12H26O4S.C3H7.K/c1-2-3-4-5-6-7-8-9-10-11-12-16-17(13,14)15;1-3-2;/h2-12H2,1H3,(H,13,14,15);1,3H2,2H3;. The maximum absolute atomic E-state index is 10.2. The average molecular weight is 349 g/mol. The molecule has 6 heteroatoms. The van der Waals surface area contributed by atoms with Crippen LogP contribution in [0.25, 0.3) is 0 Å². The van der Waals surface area contributed by atoms with Crippen molar-refractivity contribution >= 4 is 59.4 Å². The topological polar surface area (TPSA) is 63.6 Å². The molecule has 0 atom stereocenters. The molecule has 0 aromatic carbocycles. The third-order valence-corrected chi connectivity index (χ3v) is 5.26. The molecule has 0 unspecified atom stereocenters. The first-order valence-corrected chi connectivity index (χ1v) is 12.2. The molecule has 0 rings (SSSR count). The van der Waals surface area contributed by atoms with Gasteiger partial charge in [0.15, 0.2) is 0 Å². The van der Waals surface area contributed by atoms with Crippen molar-refractivity contribution in [2.45, 2.75) is 85.0 Å². The molecule has 0 aromatic heterocycles. The zero-order valence-corrected chi connectivity index (χ0v) is 18.2. The third-order valence-electron chi connectivity index (χ3n) is 3.23. The molecule has 0 aromatic rings. The van der Waals surface area contributed by atoms with E-state index in [4.69, 9.17) is 4.55 Å². The Balaban J connectivity index is 0. The van der Waals surface area contributed by atoms with Gasteiger partial charge in [-0.25, -0.2) is 4.18 Å². The second kappa shape index (κ2) is 19.6. The van der Waals surface area contributed by atoms with Crippen LogP contribution < -0.4 is 0 Å². The minimum absolute atomic E-state index is 0.0926. The van der Waals surface area contributed by atoms with Gasteiger partial charge in [0.05, 0.1) is 6.61 Å². The van der Waals surface area contributed by atoms with Crippen molar-refractivity contribution < 1.29 is 17.2 Å². The summed E-state index contributed by atoms with van der Waals surface area (Å²) in [5, 5.41) is 0. The molecule has 0 aliphatic rings. The monoisotopic (exact) mass is 348 g/mol. The van der Waals surface area contributed by atoms with Crippen molar-refractivity contribution in [3.8, 4) is 0 Å². The Kier molecular flexibility index (Phi) is 23.0. The van der Waals surface area contributed by atoms with Crippen LogP contribution in [0.15, 0.2) is 0 Å². The van der Waals surface area contributed by atoms with E-state index in [2.05, 4.69) is 18.0 Å². The van der Waals surface area contributed by atoms with Gasteiger partial charge >= 0.3 is 73.2 Å². The van der Waals surface area contributed by atoms with Crippen molar-refractivity contribution in [2.24, 2.45) is 0 Å². The van der Waals surface area contributed by atoms with Crippen molar-refractivity contribution in [3.05, 3.63) is 0 Å². The summed E-state index contributed by atoms with van der Waals surface area (Å²) in [6.07, 6.45) is 13.3. The van der Waals surface area contributed by atoms with Gasteiger partial charge in [-0.3, -0.25) is 4.55 Å². The van der Waals surface area contributed by atoms with Crippen molar-refractivity contribution in [3.63, 3.8) is 0 Å².